The third-order valence-electron chi connectivity index (χ3n) is 1.81. The van der Waals surface area contributed by atoms with Gasteiger partial charge < -0.3 is 0 Å². The molecule has 18 heavy (non-hydrogen) atoms. The van der Waals surface area contributed by atoms with Crippen LogP contribution in [0.5, 0.6) is 0 Å². The van der Waals surface area contributed by atoms with Crippen LogP contribution >= 0.6 is 34.8 Å². The molecular weight excluding hydrogens is 378 g/mol. The van der Waals surface area contributed by atoms with E-state index in [0.717, 1.165) is 0 Å². The van der Waals surface area contributed by atoms with Gasteiger partial charge in [0.25, 0.3) is 0 Å². The van der Waals surface area contributed by atoms with Gasteiger partial charge in [0.2, 0.25) is 0 Å². The molecule has 102 valence electrons. The topological polar surface area (TPSA) is 96.5 Å². The van der Waals surface area contributed by atoms with Crippen LogP contribution in [0, 0.1) is 0 Å². The summed E-state index contributed by atoms with van der Waals surface area (Å²) in [5.74, 6) is 0. The zero-order valence-electron chi connectivity index (χ0n) is 9.97. The van der Waals surface area contributed by atoms with E-state index in [1.54, 1.807) is 19.6 Å². The second-order valence-corrected chi connectivity index (χ2v) is 18.2. The summed E-state index contributed by atoms with van der Waals surface area (Å²) in [5.41, 5.74) is 0. The molecule has 0 spiro atoms. The number of hydrogen-bond donors (Lipinski definition) is 3. The van der Waals surface area contributed by atoms with Gasteiger partial charge in [-0.25, -0.2) is 0 Å². The Morgan fingerprint density at radius 2 is 1.17 bits per heavy atom. The van der Waals surface area contributed by atoms with Crippen LogP contribution in [0.15, 0.2) is 0 Å². The Morgan fingerprint density at radius 1 is 0.889 bits per heavy atom. The summed E-state index contributed by atoms with van der Waals surface area (Å²) in [5, 5.41) is -2.95. The predicted octanol–water partition coefficient (Wildman–Crippen LogP) is 2.50. The fourth-order valence-electron chi connectivity index (χ4n) is 1.48. The Labute approximate surface area is 124 Å². The summed E-state index contributed by atoms with van der Waals surface area (Å²) in [6.45, 7) is 5.38. The number of amides is 3. The molecule has 0 aromatic rings. The number of carbonyl (C=O) groups is 3. The van der Waals surface area contributed by atoms with Crippen LogP contribution in [0.1, 0.15) is 0 Å². The SMILES string of the molecule is C[Si](C)(C)[O][Zn]([NH]C(=O)Cl)([NH]C(=O)Cl)[NH]C(=O)Cl. The van der Waals surface area contributed by atoms with Crippen molar-refractivity contribution in [2.75, 3.05) is 0 Å². The van der Waals surface area contributed by atoms with Crippen molar-refractivity contribution in [3.05, 3.63) is 0 Å². The third kappa shape index (κ3) is 8.23. The number of carbonyl (C=O) groups excluding carboxylic acids is 3. The maximum absolute atomic E-state index is 11.0. The van der Waals surface area contributed by atoms with Gasteiger partial charge in [0.05, 0.1) is 0 Å². The van der Waals surface area contributed by atoms with Gasteiger partial charge in [0, 0.05) is 0 Å². The molecule has 0 fully saturated rings. The summed E-state index contributed by atoms with van der Waals surface area (Å²) in [7, 11) is -2.22. The fourth-order valence-corrected chi connectivity index (χ4v) is 18.5. The molecule has 0 aromatic heterocycles. The molecule has 0 aliphatic rings. The second-order valence-electron chi connectivity index (χ2n) is 4.57. The average Bonchev–Trinajstić information content (AvgIpc) is 1.92. The van der Waals surface area contributed by atoms with E-state index in [0.29, 0.717) is 0 Å². The summed E-state index contributed by atoms with van der Waals surface area (Å²) in [4.78, 5) is 32.9. The molecule has 0 aliphatic carbocycles. The normalized spacial score (nSPS) is 10.8. The van der Waals surface area contributed by atoms with Crippen LogP contribution in [0.4, 0.5) is 14.4 Å². The minimum atomic E-state index is -4.71. The van der Waals surface area contributed by atoms with Crippen molar-refractivity contribution in [3.63, 3.8) is 0 Å². The first-order valence-corrected chi connectivity index (χ1v) is 15.2. The molecule has 0 radical (unpaired) electrons. The third-order valence-corrected chi connectivity index (χ3v) is 18.3. The van der Waals surface area contributed by atoms with Crippen LogP contribution in [0.25, 0.3) is 0 Å². The minimum absolute atomic E-state index is 0.982. The van der Waals surface area contributed by atoms with Crippen molar-refractivity contribution in [3.8, 4) is 0 Å². The summed E-state index contributed by atoms with van der Waals surface area (Å²) in [6, 6.07) is 0. The Kier molecular flexibility index (Phi) is 7.05. The standard InChI is InChI=1S/C3H9OSi.3CH2ClNO.Zn/c1-5(2,3)4;3*2-1(3)4;/h1-3H3;3*(H2,3,4);/q-1;;;;+4/p-3. The van der Waals surface area contributed by atoms with Crippen LogP contribution < -0.4 is 12.2 Å². The average molecular weight is 390 g/mol. The van der Waals surface area contributed by atoms with Gasteiger partial charge in [-0.15, -0.1) is 0 Å². The van der Waals surface area contributed by atoms with Gasteiger partial charge in [-0.2, -0.15) is 0 Å². The van der Waals surface area contributed by atoms with E-state index in [9.17, 15) is 14.4 Å². The summed E-state index contributed by atoms with van der Waals surface area (Å²) < 4.78 is 12.4. The van der Waals surface area contributed by atoms with E-state index in [2.05, 4.69) is 12.2 Å². The van der Waals surface area contributed by atoms with Crippen molar-refractivity contribution in [1.29, 1.82) is 0 Å². The molecule has 0 saturated carbocycles. The van der Waals surface area contributed by atoms with E-state index in [1.807, 2.05) is 0 Å². The first-order valence-electron chi connectivity index (χ1n) is 4.98. The molecule has 3 amide bonds. The van der Waals surface area contributed by atoms with Crippen molar-refractivity contribution in [2.24, 2.45) is 0 Å². The number of halogens is 3. The zero-order valence-corrected chi connectivity index (χ0v) is 16.2. The maximum atomic E-state index is 11.0. The molecule has 0 rings (SSSR count). The summed E-state index contributed by atoms with van der Waals surface area (Å²) >= 11 is 10.9. The molecule has 7 nitrogen and oxygen atoms in total. The first kappa shape index (κ1) is 18.1. The number of nitrogens with one attached hydrogen (secondary N) is 3. The fraction of sp³-hybridized carbons (Fsp3) is 0.500. The second kappa shape index (κ2) is 7.02. The zero-order chi connectivity index (χ0) is 14.6. The Bertz CT molecular complexity index is 324. The molecule has 3 N–H and O–H groups in total. The van der Waals surface area contributed by atoms with Gasteiger partial charge >= 0.3 is 125 Å². The van der Waals surface area contributed by atoms with Gasteiger partial charge in [0.1, 0.15) is 0 Å². The van der Waals surface area contributed by atoms with E-state index < -0.39 is 40.3 Å². The van der Waals surface area contributed by atoms with Crippen molar-refractivity contribution >= 4 is 59.2 Å². The Hall–Kier alpha value is 0.0803. The molecule has 0 aromatic carbocycles. The molecule has 0 saturated heterocycles. The van der Waals surface area contributed by atoms with Crippen molar-refractivity contribution < 1.29 is 33.5 Å². The van der Waals surface area contributed by atoms with Gasteiger partial charge in [-0.1, -0.05) is 0 Å². The molecule has 12 heteroatoms. The van der Waals surface area contributed by atoms with Crippen molar-refractivity contribution in [1.82, 2.24) is 12.2 Å². The monoisotopic (exact) mass is 387 g/mol. The molecule has 0 bridgehead atoms. The van der Waals surface area contributed by atoms with Gasteiger partial charge in [0.15, 0.2) is 0 Å². The van der Waals surface area contributed by atoms with Crippen LogP contribution in [-0.2, 0) is 19.1 Å². The van der Waals surface area contributed by atoms with Crippen LogP contribution in [0.2, 0.25) is 19.6 Å². The van der Waals surface area contributed by atoms with Gasteiger partial charge in [-0.05, 0) is 0 Å². The predicted molar refractivity (Wildman–Crippen MR) is 67.6 cm³/mol. The van der Waals surface area contributed by atoms with E-state index in [-0.39, 0.29) is 0 Å². The first-order chi connectivity index (χ1) is 7.96. The molecule has 0 aliphatic heterocycles. The number of hydrogen-bond acceptors (Lipinski definition) is 4. The molecular formula is C6H12Cl3N3O4SiZn. The van der Waals surface area contributed by atoms with Crippen LogP contribution in [0.3, 0.4) is 0 Å². The molecule has 0 unspecified atom stereocenters. The van der Waals surface area contributed by atoms with E-state index >= 15 is 0 Å². The molecule has 0 heterocycles. The Balaban J connectivity index is 5.29. The summed E-state index contributed by atoms with van der Waals surface area (Å²) in [6.07, 6.45) is 0. The van der Waals surface area contributed by atoms with Gasteiger partial charge in [-0.3, -0.25) is 0 Å². The molecule has 0 atom stereocenters. The number of rotatable bonds is 5. The quantitative estimate of drug-likeness (QED) is 0.382. The van der Waals surface area contributed by atoms with Crippen molar-refractivity contribution in [2.45, 2.75) is 19.6 Å². The van der Waals surface area contributed by atoms with E-state index in [4.69, 9.17) is 38.1 Å². The van der Waals surface area contributed by atoms with E-state index in [1.165, 1.54) is 0 Å². The Morgan fingerprint density at radius 3 is 1.33 bits per heavy atom. The van der Waals surface area contributed by atoms with Crippen LogP contribution in [-0.4, -0.2) is 24.4 Å².